The standard InChI is InChI=1S/C14H20Cl2N2S.ClH/c1-14(9-17)4-5-18(10-14)6-7-19-13-8-11(15)2-3-12(13)16;/h2-3,8H,4-7,9-10,17H2,1H3;1H. The molecule has 1 aliphatic heterocycles. The highest BCUT2D eigenvalue weighted by molar-refractivity contribution is 7.99. The lowest BCUT2D eigenvalue weighted by molar-refractivity contribution is 0.293. The van der Waals surface area contributed by atoms with Crippen molar-refractivity contribution in [3.8, 4) is 0 Å². The van der Waals surface area contributed by atoms with E-state index in [1.165, 1.54) is 6.42 Å². The second kappa shape index (κ2) is 8.11. The van der Waals surface area contributed by atoms with Crippen LogP contribution < -0.4 is 5.73 Å². The van der Waals surface area contributed by atoms with Gasteiger partial charge in [-0.3, -0.25) is 0 Å². The molecule has 0 spiro atoms. The molecule has 1 fully saturated rings. The average molecular weight is 356 g/mol. The van der Waals surface area contributed by atoms with Gasteiger partial charge in [0.1, 0.15) is 0 Å². The lowest BCUT2D eigenvalue weighted by atomic mass is 9.90. The van der Waals surface area contributed by atoms with E-state index in [9.17, 15) is 0 Å². The van der Waals surface area contributed by atoms with Gasteiger partial charge in [-0.1, -0.05) is 30.1 Å². The van der Waals surface area contributed by atoms with Crippen molar-refractivity contribution < 1.29 is 0 Å². The van der Waals surface area contributed by atoms with Crippen molar-refractivity contribution in [1.29, 1.82) is 0 Å². The second-order valence-electron chi connectivity index (χ2n) is 5.46. The van der Waals surface area contributed by atoms with E-state index in [-0.39, 0.29) is 12.4 Å². The number of benzene rings is 1. The highest BCUT2D eigenvalue weighted by atomic mass is 35.5. The van der Waals surface area contributed by atoms with E-state index in [0.717, 1.165) is 46.9 Å². The molecule has 20 heavy (non-hydrogen) atoms. The number of nitrogens with zero attached hydrogens (tertiary/aromatic N) is 1. The van der Waals surface area contributed by atoms with Crippen molar-refractivity contribution in [1.82, 2.24) is 4.90 Å². The smallest absolute Gasteiger partial charge is 0.0542 e. The van der Waals surface area contributed by atoms with Crippen LogP contribution in [-0.2, 0) is 0 Å². The minimum Gasteiger partial charge on any atom is -0.330 e. The topological polar surface area (TPSA) is 29.3 Å². The molecule has 0 amide bonds. The zero-order valence-electron chi connectivity index (χ0n) is 11.6. The van der Waals surface area contributed by atoms with E-state index >= 15 is 0 Å². The van der Waals surface area contributed by atoms with Crippen molar-refractivity contribution in [2.75, 3.05) is 31.9 Å². The van der Waals surface area contributed by atoms with Crippen LogP contribution in [0.3, 0.4) is 0 Å². The van der Waals surface area contributed by atoms with Gasteiger partial charge in [-0.25, -0.2) is 0 Å². The molecule has 1 unspecified atom stereocenters. The van der Waals surface area contributed by atoms with Crippen LogP contribution in [0.25, 0.3) is 0 Å². The number of likely N-dealkylation sites (tertiary alicyclic amines) is 1. The fourth-order valence-electron chi connectivity index (χ4n) is 2.36. The summed E-state index contributed by atoms with van der Waals surface area (Å²) in [7, 11) is 0. The maximum Gasteiger partial charge on any atom is 0.0542 e. The molecular weight excluding hydrogens is 335 g/mol. The molecule has 1 saturated heterocycles. The summed E-state index contributed by atoms with van der Waals surface area (Å²) < 4.78 is 0. The minimum absolute atomic E-state index is 0. The number of halogens is 3. The molecule has 0 aliphatic carbocycles. The van der Waals surface area contributed by atoms with Crippen molar-refractivity contribution in [2.24, 2.45) is 11.1 Å². The van der Waals surface area contributed by atoms with Gasteiger partial charge in [-0.2, -0.15) is 0 Å². The van der Waals surface area contributed by atoms with Gasteiger partial charge < -0.3 is 10.6 Å². The SMILES string of the molecule is CC1(CN)CCN(CCSc2cc(Cl)ccc2Cl)C1.Cl. The molecule has 0 saturated carbocycles. The first kappa shape index (κ1) is 18.4. The van der Waals surface area contributed by atoms with Gasteiger partial charge in [0, 0.05) is 28.8 Å². The predicted molar refractivity (Wildman–Crippen MR) is 92.7 cm³/mol. The number of hydrogen-bond donors (Lipinski definition) is 1. The Bertz CT molecular complexity index is 444. The molecule has 114 valence electrons. The third-order valence-electron chi connectivity index (χ3n) is 3.69. The Balaban J connectivity index is 0.00000200. The van der Waals surface area contributed by atoms with Crippen LogP contribution in [-0.4, -0.2) is 36.8 Å². The highest BCUT2D eigenvalue weighted by Crippen LogP contribution is 2.31. The Morgan fingerprint density at radius 1 is 1.40 bits per heavy atom. The Hall–Kier alpha value is 0.360. The number of nitrogens with two attached hydrogens (primary N) is 1. The van der Waals surface area contributed by atoms with Gasteiger partial charge in [0.15, 0.2) is 0 Å². The summed E-state index contributed by atoms with van der Waals surface area (Å²) in [6.07, 6.45) is 1.20. The summed E-state index contributed by atoms with van der Waals surface area (Å²) in [5.74, 6) is 1.03. The zero-order valence-corrected chi connectivity index (χ0v) is 14.7. The minimum atomic E-state index is 0. The summed E-state index contributed by atoms with van der Waals surface area (Å²) in [6.45, 7) is 6.37. The van der Waals surface area contributed by atoms with Gasteiger partial charge in [0.05, 0.1) is 5.02 Å². The lowest BCUT2D eigenvalue weighted by Crippen LogP contribution is -2.32. The molecular formula is C14H21Cl3N2S. The molecule has 6 heteroatoms. The molecule has 1 aliphatic rings. The van der Waals surface area contributed by atoms with Crippen molar-refractivity contribution in [2.45, 2.75) is 18.2 Å². The first-order chi connectivity index (χ1) is 9.02. The van der Waals surface area contributed by atoms with E-state index < -0.39 is 0 Å². The van der Waals surface area contributed by atoms with E-state index in [2.05, 4.69) is 11.8 Å². The van der Waals surface area contributed by atoms with Crippen LogP contribution >= 0.6 is 47.4 Å². The largest absolute Gasteiger partial charge is 0.330 e. The first-order valence-electron chi connectivity index (χ1n) is 6.53. The van der Waals surface area contributed by atoms with Crippen LogP contribution in [0, 0.1) is 5.41 Å². The first-order valence-corrected chi connectivity index (χ1v) is 8.27. The fourth-order valence-corrected chi connectivity index (χ4v) is 3.86. The number of rotatable bonds is 5. The summed E-state index contributed by atoms with van der Waals surface area (Å²) in [5, 5.41) is 1.52. The Kier molecular flexibility index (Phi) is 7.47. The molecule has 1 heterocycles. The molecule has 1 aromatic carbocycles. The maximum atomic E-state index is 6.15. The molecule has 1 aromatic rings. The third kappa shape index (κ3) is 4.97. The van der Waals surface area contributed by atoms with E-state index in [1.54, 1.807) is 11.8 Å². The Labute approximate surface area is 141 Å². The quantitative estimate of drug-likeness (QED) is 0.803. The summed E-state index contributed by atoms with van der Waals surface area (Å²) in [4.78, 5) is 3.55. The van der Waals surface area contributed by atoms with E-state index in [1.807, 2.05) is 18.2 Å². The second-order valence-corrected chi connectivity index (χ2v) is 7.44. The van der Waals surface area contributed by atoms with Gasteiger partial charge in [-0.15, -0.1) is 24.2 Å². The molecule has 2 N–H and O–H groups in total. The van der Waals surface area contributed by atoms with E-state index in [4.69, 9.17) is 28.9 Å². The molecule has 2 nitrogen and oxygen atoms in total. The summed E-state index contributed by atoms with van der Waals surface area (Å²) in [5.41, 5.74) is 6.13. The van der Waals surface area contributed by atoms with Gasteiger partial charge >= 0.3 is 0 Å². The zero-order chi connectivity index (χ0) is 13.9. The monoisotopic (exact) mass is 354 g/mol. The average Bonchev–Trinajstić information content (AvgIpc) is 2.76. The Morgan fingerprint density at radius 3 is 2.80 bits per heavy atom. The van der Waals surface area contributed by atoms with Gasteiger partial charge in [0.2, 0.25) is 0 Å². The predicted octanol–water partition coefficient (Wildman–Crippen LogP) is 4.18. The van der Waals surface area contributed by atoms with Gasteiger partial charge in [0.25, 0.3) is 0 Å². The summed E-state index contributed by atoms with van der Waals surface area (Å²) >= 11 is 13.9. The third-order valence-corrected chi connectivity index (χ3v) is 5.40. The maximum absolute atomic E-state index is 6.15. The van der Waals surface area contributed by atoms with Crippen molar-refractivity contribution >= 4 is 47.4 Å². The van der Waals surface area contributed by atoms with Crippen LogP contribution in [0.5, 0.6) is 0 Å². The molecule has 1 atom stereocenters. The number of hydrogen-bond acceptors (Lipinski definition) is 3. The lowest BCUT2D eigenvalue weighted by Gasteiger charge is -2.22. The molecule has 2 rings (SSSR count). The van der Waals surface area contributed by atoms with Crippen LogP contribution in [0.4, 0.5) is 0 Å². The highest BCUT2D eigenvalue weighted by Gasteiger charge is 2.31. The normalized spacial score (nSPS) is 22.8. The van der Waals surface area contributed by atoms with Crippen molar-refractivity contribution in [3.63, 3.8) is 0 Å². The van der Waals surface area contributed by atoms with Crippen molar-refractivity contribution in [3.05, 3.63) is 28.2 Å². The Morgan fingerprint density at radius 2 is 2.15 bits per heavy atom. The van der Waals surface area contributed by atoms with Crippen LogP contribution in [0.2, 0.25) is 10.0 Å². The van der Waals surface area contributed by atoms with E-state index in [0.29, 0.717) is 5.41 Å². The molecule has 0 aromatic heterocycles. The molecule has 0 bridgehead atoms. The summed E-state index contributed by atoms with van der Waals surface area (Å²) in [6, 6.07) is 5.61. The van der Waals surface area contributed by atoms with Crippen LogP contribution in [0.1, 0.15) is 13.3 Å². The van der Waals surface area contributed by atoms with Gasteiger partial charge in [-0.05, 0) is 43.1 Å². The van der Waals surface area contributed by atoms with Crippen LogP contribution in [0.15, 0.2) is 23.1 Å². The fraction of sp³-hybridized carbons (Fsp3) is 0.571. The molecule has 0 radical (unpaired) electrons. The number of thioether (sulfide) groups is 1.